The van der Waals surface area contributed by atoms with Crippen molar-refractivity contribution in [3.63, 3.8) is 0 Å². The van der Waals surface area contributed by atoms with Crippen LogP contribution in [-0.4, -0.2) is 25.0 Å². The number of aryl methyl sites for hydroxylation is 1. The molecule has 110 valence electrons. The van der Waals surface area contributed by atoms with Crippen LogP contribution in [0.2, 0.25) is 0 Å². The molecule has 0 bridgehead atoms. The van der Waals surface area contributed by atoms with Gasteiger partial charge >= 0.3 is 5.97 Å². The van der Waals surface area contributed by atoms with Gasteiger partial charge in [-0.05, 0) is 61.8 Å². The lowest BCUT2D eigenvalue weighted by Gasteiger charge is -2.24. The summed E-state index contributed by atoms with van der Waals surface area (Å²) in [6, 6.07) is 1.96. The number of rotatable bonds is 5. The van der Waals surface area contributed by atoms with E-state index in [2.05, 4.69) is 15.9 Å². The average molecular weight is 341 g/mol. The maximum atomic E-state index is 12.2. The normalized spacial score (nSPS) is 13.8. The topological polar surface area (TPSA) is 35.5 Å². The highest BCUT2D eigenvalue weighted by atomic mass is 79.9. The van der Waals surface area contributed by atoms with Crippen LogP contribution in [0.25, 0.3) is 0 Å². The summed E-state index contributed by atoms with van der Waals surface area (Å²) >= 11 is 3.49. The predicted octanol–water partition coefficient (Wildman–Crippen LogP) is 3.69. The Bertz CT molecular complexity index is 497. The molecule has 0 atom stereocenters. The van der Waals surface area contributed by atoms with E-state index < -0.39 is 0 Å². The highest BCUT2D eigenvalue weighted by molar-refractivity contribution is 9.09. The van der Waals surface area contributed by atoms with Crippen LogP contribution >= 0.6 is 15.9 Å². The molecule has 1 aromatic carbocycles. The van der Waals surface area contributed by atoms with Crippen molar-refractivity contribution in [2.75, 3.05) is 19.0 Å². The largest absolute Gasteiger partial charge is 0.496 e. The standard InChI is InChI=1S/C16H21BrO3/c1-3-20-16(18)14-10-11(8-9-17)12-6-4-5-7-13(12)15(14)19-2/h10H,3-9H2,1-2H3. The molecule has 0 amide bonds. The van der Waals surface area contributed by atoms with Gasteiger partial charge in [0.25, 0.3) is 0 Å². The molecule has 0 spiro atoms. The quantitative estimate of drug-likeness (QED) is 0.605. The number of carbonyl (C=O) groups is 1. The Morgan fingerprint density at radius 2 is 2.00 bits per heavy atom. The molecule has 2 rings (SSSR count). The summed E-state index contributed by atoms with van der Waals surface area (Å²) in [6.07, 6.45) is 5.37. The number of hydrogen-bond donors (Lipinski definition) is 0. The molecule has 0 fully saturated rings. The lowest BCUT2D eigenvalue weighted by atomic mass is 9.85. The van der Waals surface area contributed by atoms with Crippen molar-refractivity contribution >= 4 is 21.9 Å². The minimum Gasteiger partial charge on any atom is -0.496 e. The summed E-state index contributed by atoms with van der Waals surface area (Å²) in [5, 5.41) is 0.897. The second-order valence-electron chi connectivity index (χ2n) is 4.94. The average Bonchev–Trinajstić information content (AvgIpc) is 2.47. The zero-order valence-electron chi connectivity index (χ0n) is 12.1. The van der Waals surface area contributed by atoms with Crippen LogP contribution < -0.4 is 4.74 Å². The van der Waals surface area contributed by atoms with Gasteiger partial charge in [-0.15, -0.1) is 0 Å². The van der Waals surface area contributed by atoms with Crippen molar-refractivity contribution in [3.8, 4) is 5.75 Å². The van der Waals surface area contributed by atoms with Gasteiger partial charge in [-0.2, -0.15) is 0 Å². The van der Waals surface area contributed by atoms with Crippen LogP contribution in [0, 0.1) is 0 Å². The van der Waals surface area contributed by atoms with Gasteiger partial charge in [0.1, 0.15) is 11.3 Å². The molecule has 1 aliphatic rings. The van der Waals surface area contributed by atoms with Crippen LogP contribution in [0.5, 0.6) is 5.75 Å². The number of benzene rings is 1. The van der Waals surface area contributed by atoms with Gasteiger partial charge in [0.15, 0.2) is 0 Å². The third-order valence-electron chi connectivity index (χ3n) is 3.76. The molecule has 0 N–H and O–H groups in total. The molecule has 1 aromatic rings. The molecular weight excluding hydrogens is 320 g/mol. The molecule has 0 aromatic heterocycles. The fourth-order valence-corrected chi connectivity index (χ4v) is 3.35. The summed E-state index contributed by atoms with van der Waals surface area (Å²) in [5.74, 6) is 0.435. The molecule has 0 saturated heterocycles. The van der Waals surface area contributed by atoms with E-state index in [4.69, 9.17) is 9.47 Å². The van der Waals surface area contributed by atoms with Crippen molar-refractivity contribution in [2.24, 2.45) is 0 Å². The Labute approximate surface area is 128 Å². The minimum absolute atomic E-state index is 0.284. The van der Waals surface area contributed by atoms with E-state index >= 15 is 0 Å². The molecule has 0 aliphatic heterocycles. The van der Waals surface area contributed by atoms with E-state index in [9.17, 15) is 4.79 Å². The monoisotopic (exact) mass is 340 g/mol. The second kappa shape index (κ2) is 7.11. The number of hydrogen-bond acceptors (Lipinski definition) is 3. The van der Waals surface area contributed by atoms with Crippen LogP contribution in [0.3, 0.4) is 0 Å². The van der Waals surface area contributed by atoms with Crippen LogP contribution in [-0.2, 0) is 24.0 Å². The molecule has 3 nitrogen and oxygen atoms in total. The van der Waals surface area contributed by atoms with Gasteiger partial charge in [-0.1, -0.05) is 15.9 Å². The number of fused-ring (bicyclic) bond motifs is 1. The van der Waals surface area contributed by atoms with Gasteiger partial charge in [-0.25, -0.2) is 4.79 Å². The highest BCUT2D eigenvalue weighted by Crippen LogP contribution is 2.36. The van der Waals surface area contributed by atoms with Crippen LogP contribution in [0.1, 0.15) is 46.8 Å². The lowest BCUT2D eigenvalue weighted by Crippen LogP contribution is -2.15. The van der Waals surface area contributed by atoms with Gasteiger partial charge in [0.2, 0.25) is 0 Å². The summed E-state index contributed by atoms with van der Waals surface area (Å²) < 4.78 is 10.7. The van der Waals surface area contributed by atoms with Crippen molar-refractivity contribution in [2.45, 2.75) is 39.0 Å². The maximum Gasteiger partial charge on any atom is 0.341 e. The van der Waals surface area contributed by atoms with Crippen LogP contribution in [0.15, 0.2) is 6.07 Å². The summed E-state index contributed by atoms with van der Waals surface area (Å²) in [6.45, 7) is 2.20. The second-order valence-corrected chi connectivity index (χ2v) is 5.73. The van der Waals surface area contributed by atoms with Gasteiger partial charge in [0.05, 0.1) is 13.7 Å². The fraction of sp³-hybridized carbons (Fsp3) is 0.562. The smallest absolute Gasteiger partial charge is 0.341 e. The van der Waals surface area contributed by atoms with E-state index in [1.54, 1.807) is 7.11 Å². The van der Waals surface area contributed by atoms with Crippen molar-refractivity contribution in [1.29, 1.82) is 0 Å². The predicted molar refractivity (Wildman–Crippen MR) is 83.1 cm³/mol. The van der Waals surface area contributed by atoms with Crippen LogP contribution in [0.4, 0.5) is 0 Å². The molecule has 0 saturated carbocycles. The van der Waals surface area contributed by atoms with E-state index in [0.717, 1.165) is 36.8 Å². The number of methoxy groups -OCH3 is 1. The number of halogens is 1. The molecule has 4 heteroatoms. The SMILES string of the molecule is CCOC(=O)c1cc(CCBr)c2c(c1OC)CCCC2. The third-order valence-corrected chi connectivity index (χ3v) is 4.15. The zero-order valence-corrected chi connectivity index (χ0v) is 13.7. The number of alkyl halides is 1. The van der Waals surface area contributed by atoms with Gasteiger partial charge in [-0.3, -0.25) is 0 Å². The first kappa shape index (κ1) is 15.4. The Balaban J connectivity index is 2.55. The Hall–Kier alpha value is -1.03. The molecule has 0 unspecified atom stereocenters. The first-order valence-electron chi connectivity index (χ1n) is 7.17. The minimum atomic E-state index is -0.284. The molecule has 20 heavy (non-hydrogen) atoms. The fourth-order valence-electron chi connectivity index (χ4n) is 2.92. The van der Waals surface area contributed by atoms with Crippen molar-refractivity contribution < 1.29 is 14.3 Å². The van der Waals surface area contributed by atoms with E-state index in [1.807, 2.05) is 13.0 Å². The highest BCUT2D eigenvalue weighted by Gasteiger charge is 2.24. The van der Waals surface area contributed by atoms with E-state index in [-0.39, 0.29) is 5.97 Å². The Morgan fingerprint density at radius 3 is 2.60 bits per heavy atom. The molecule has 0 heterocycles. The maximum absolute atomic E-state index is 12.2. The first-order chi connectivity index (χ1) is 9.72. The number of carbonyl (C=O) groups excluding carboxylic acids is 1. The molecule has 0 radical (unpaired) electrons. The van der Waals surface area contributed by atoms with Crippen molar-refractivity contribution in [3.05, 3.63) is 28.3 Å². The van der Waals surface area contributed by atoms with Gasteiger partial charge in [0, 0.05) is 5.33 Å². The first-order valence-corrected chi connectivity index (χ1v) is 8.29. The number of esters is 1. The zero-order chi connectivity index (χ0) is 14.5. The molecular formula is C16H21BrO3. The molecule has 1 aliphatic carbocycles. The summed E-state index contributed by atoms with van der Waals surface area (Å²) in [7, 11) is 1.64. The van der Waals surface area contributed by atoms with Gasteiger partial charge < -0.3 is 9.47 Å². The Morgan fingerprint density at radius 1 is 1.30 bits per heavy atom. The lowest BCUT2D eigenvalue weighted by molar-refractivity contribution is 0.0522. The Kier molecular flexibility index (Phi) is 5.46. The number of ether oxygens (including phenoxy) is 2. The third kappa shape index (κ3) is 3.00. The summed E-state index contributed by atoms with van der Waals surface area (Å²) in [5.41, 5.74) is 4.41. The van der Waals surface area contributed by atoms with E-state index in [1.165, 1.54) is 23.1 Å². The van der Waals surface area contributed by atoms with Crippen molar-refractivity contribution in [1.82, 2.24) is 0 Å². The van der Waals surface area contributed by atoms with E-state index in [0.29, 0.717) is 12.2 Å². The summed E-state index contributed by atoms with van der Waals surface area (Å²) in [4.78, 5) is 12.2.